The van der Waals surface area contributed by atoms with Gasteiger partial charge >= 0.3 is 0 Å². The van der Waals surface area contributed by atoms with E-state index in [1.807, 2.05) is 0 Å². The summed E-state index contributed by atoms with van der Waals surface area (Å²) in [6.45, 7) is 5.67. The summed E-state index contributed by atoms with van der Waals surface area (Å²) >= 11 is 0. The highest BCUT2D eigenvalue weighted by Crippen LogP contribution is 2.23. The molecule has 1 heterocycles. The largest absolute Gasteiger partial charge is 0.490 e. The number of allylic oxidation sites excluding steroid dienone is 1. The van der Waals surface area contributed by atoms with Gasteiger partial charge in [0.1, 0.15) is 12.4 Å². The molecule has 0 spiro atoms. The van der Waals surface area contributed by atoms with Gasteiger partial charge in [0.05, 0.1) is 0 Å². The fourth-order valence-corrected chi connectivity index (χ4v) is 2.79. The van der Waals surface area contributed by atoms with E-state index in [1.54, 1.807) is 0 Å². The van der Waals surface area contributed by atoms with Crippen molar-refractivity contribution in [3.05, 3.63) is 76.9 Å². The SMILES string of the molecule is CC(C)=CCOc1ccc2c(c1)CCN=C2Cc1ccccc1. The zero-order chi connectivity index (χ0) is 16.1. The van der Waals surface area contributed by atoms with Gasteiger partial charge in [-0.05, 0) is 61.2 Å². The molecule has 0 fully saturated rings. The molecule has 2 nitrogen and oxygen atoms in total. The fourth-order valence-electron chi connectivity index (χ4n) is 2.79. The summed E-state index contributed by atoms with van der Waals surface area (Å²) in [6, 6.07) is 16.9. The first-order chi connectivity index (χ1) is 11.2. The van der Waals surface area contributed by atoms with Gasteiger partial charge < -0.3 is 4.74 Å². The van der Waals surface area contributed by atoms with Gasteiger partial charge in [-0.3, -0.25) is 4.99 Å². The molecule has 1 aliphatic heterocycles. The van der Waals surface area contributed by atoms with E-state index in [0.717, 1.165) is 25.1 Å². The van der Waals surface area contributed by atoms with E-state index in [4.69, 9.17) is 9.73 Å². The van der Waals surface area contributed by atoms with Crippen molar-refractivity contribution >= 4 is 5.71 Å². The minimum atomic E-state index is 0.631. The average molecular weight is 305 g/mol. The molecular weight excluding hydrogens is 282 g/mol. The predicted molar refractivity (Wildman–Crippen MR) is 96.6 cm³/mol. The summed E-state index contributed by atoms with van der Waals surface area (Å²) in [5.74, 6) is 0.946. The van der Waals surface area contributed by atoms with Crippen molar-refractivity contribution < 1.29 is 4.74 Å². The van der Waals surface area contributed by atoms with Crippen LogP contribution in [0.15, 0.2) is 65.2 Å². The van der Waals surface area contributed by atoms with Gasteiger partial charge in [0.15, 0.2) is 0 Å². The summed E-state index contributed by atoms with van der Waals surface area (Å²) in [6.07, 6.45) is 3.99. The summed E-state index contributed by atoms with van der Waals surface area (Å²) in [5, 5.41) is 0. The topological polar surface area (TPSA) is 21.6 Å². The van der Waals surface area contributed by atoms with Crippen molar-refractivity contribution in [1.82, 2.24) is 0 Å². The van der Waals surface area contributed by atoms with Crippen LogP contribution in [0.4, 0.5) is 0 Å². The Morgan fingerprint density at radius 3 is 2.74 bits per heavy atom. The molecule has 0 amide bonds. The van der Waals surface area contributed by atoms with Crippen LogP contribution in [0.1, 0.15) is 30.5 Å². The lowest BCUT2D eigenvalue weighted by molar-refractivity contribution is 0.361. The average Bonchev–Trinajstić information content (AvgIpc) is 2.55. The molecule has 118 valence electrons. The maximum atomic E-state index is 5.82. The molecule has 0 unspecified atom stereocenters. The number of benzene rings is 2. The van der Waals surface area contributed by atoms with Crippen LogP contribution in [0, 0.1) is 0 Å². The van der Waals surface area contributed by atoms with E-state index in [1.165, 1.54) is 28.0 Å². The van der Waals surface area contributed by atoms with Crippen LogP contribution in [-0.2, 0) is 12.8 Å². The molecule has 23 heavy (non-hydrogen) atoms. The zero-order valence-electron chi connectivity index (χ0n) is 13.9. The van der Waals surface area contributed by atoms with Crippen molar-refractivity contribution in [3.8, 4) is 5.75 Å². The van der Waals surface area contributed by atoms with Gasteiger partial charge in [0, 0.05) is 18.7 Å². The molecule has 1 aliphatic rings. The molecule has 0 aliphatic carbocycles. The molecule has 0 aromatic heterocycles. The van der Waals surface area contributed by atoms with Gasteiger partial charge in [-0.1, -0.05) is 35.9 Å². The molecule has 0 saturated heterocycles. The Labute approximate surface area is 138 Å². The first-order valence-corrected chi connectivity index (χ1v) is 8.19. The van der Waals surface area contributed by atoms with Gasteiger partial charge in [-0.25, -0.2) is 0 Å². The quantitative estimate of drug-likeness (QED) is 0.739. The number of rotatable bonds is 5. The third-order valence-electron chi connectivity index (χ3n) is 4.03. The van der Waals surface area contributed by atoms with Gasteiger partial charge in [0.2, 0.25) is 0 Å². The van der Waals surface area contributed by atoms with E-state index >= 15 is 0 Å². The van der Waals surface area contributed by atoms with E-state index in [2.05, 4.69) is 68.5 Å². The number of hydrogen-bond acceptors (Lipinski definition) is 2. The van der Waals surface area contributed by atoms with E-state index in [0.29, 0.717) is 6.61 Å². The zero-order valence-corrected chi connectivity index (χ0v) is 13.9. The third kappa shape index (κ3) is 4.10. The second-order valence-corrected chi connectivity index (χ2v) is 6.15. The highest BCUT2D eigenvalue weighted by molar-refractivity contribution is 6.03. The highest BCUT2D eigenvalue weighted by Gasteiger charge is 2.15. The number of fused-ring (bicyclic) bond motifs is 1. The van der Waals surface area contributed by atoms with Gasteiger partial charge in [0.25, 0.3) is 0 Å². The smallest absolute Gasteiger partial charge is 0.120 e. The van der Waals surface area contributed by atoms with Crippen molar-refractivity contribution in [2.24, 2.45) is 4.99 Å². The molecule has 3 rings (SSSR count). The molecule has 0 N–H and O–H groups in total. The van der Waals surface area contributed by atoms with Crippen LogP contribution in [-0.4, -0.2) is 18.9 Å². The van der Waals surface area contributed by atoms with Crippen molar-refractivity contribution in [3.63, 3.8) is 0 Å². The minimum absolute atomic E-state index is 0.631. The molecule has 0 radical (unpaired) electrons. The third-order valence-corrected chi connectivity index (χ3v) is 4.03. The van der Waals surface area contributed by atoms with Crippen LogP contribution < -0.4 is 4.74 Å². The number of aliphatic imine (C=N–C) groups is 1. The second-order valence-electron chi connectivity index (χ2n) is 6.15. The van der Waals surface area contributed by atoms with Gasteiger partial charge in [-0.15, -0.1) is 0 Å². The Morgan fingerprint density at radius 1 is 1.13 bits per heavy atom. The molecular formula is C21H23NO. The minimum Gasteiger partial charge on any atom is -0.490 e. The van der Waals surface area contributed by atoms with E-state index < -0.39 is 0 Å². The van der Waals surface area contributed by atoms with Gasteiger partial charge in [-0.2, -0.15) is 0 Å². The first kappa shape index (κ1) is 15.5. The number of ether oxygens (including phenoxy) is 1. The molecule has 2 aromatic carbocycles. The summed E-state index contributed by atoms with van der Waals surface area (Å²) in [7, 11) is 0. The molecule has 0 atom stereocenters. The molecule has 2 aromatic rings. The van der Waals surface area contributed by atoms with Crippen LogP contribution in [0.3, 0.4) is 0 Å². The predicted octanol–water partition coefficient (Wildman–Crippen LogP) is 4.62. The Bertz CT molecular complexity index is 725. The maximum Gasteiger partial charge on any atom is 0.120 e. The Morgan fingerprint density at radius 2 is 1.96 bits per heavy atom. The van der Waals surface area contributed by atoms with E-state index in [9.17, 15) is 0 Å². The Balaban J connectivity index is 1.76. The Hall–Kier alpha value is -2.35. The summed E-state index contributed by atoms with van der Waals surface area (Å²) < 4.78 is 5.82. The highest BCUT2D eigenvalue weighted by atomic mass is 16.5. The van der Waals surface area contributed by atoms with Crippen LogP contribution >= 0.6 is 0 Å². The summed E-state index contributed by atoms with van der Waals surface area (Å²) in [4.78, 5) is 4.75. The maximum absolute atomic E-state index is 5.82. The number of nitrogens with zero attached hydrogens (tertiary/aromatic N) is 1. The lowest BCUT2D eigenvalue weighted by atomic mass is 9.93. The number of hydrogen-bond donors (Lipinski definition) is 0. The van der Waals surface area contributed by atoms with Crippen molar-refractivity contribution in [1.29, 1.82) is 0 Å². The lowest BCUT2D eigenvalue weighted by Gasteiger charge is -2.18. The second kappa shape index (κ2) is 7.28. The standard InChI is InChI=1S/C21H23NO/c1-16(2)11-13-23-19-8-9-20-18(15-19)10-12-22-21(20)14-17-6-4-3-5-7-17/h3-9,11,15H,10,12-14H2,1-2H3. The lowest BCUT2D eigenvalue weighted by Crippen LogP contribution is -2.15. The van der Waals surface area contributed by atoms with Crippen LogP contribution in [0.25, 0.3) is 0 Å². The first-order valence-electron chi connectivity index (χ1n) is 8.19. The normalized spacial score (nSPS) is 13.0. The van der Waals surface area contributed by atoms with Crippen LogP contribution in [0.5, 0.6) is 5.75 Å². The molecule has 0 bridgehead atoms. The van der Waals surface area contributed by atoms with Crippen molar-refractivity contribution in [2.75, 3.05) is 13.2 Å². The van der Waals surface area contributed by atoms with Crippen molar-refractivity contribution in [2.45, 2.75) is 26.7 Å². The van der Waals surface area contributed by atoms with E-state index in [-0.39, 0.29) is 0 Å². The fraction of sp³-hybridized carbons (Fsp3) is 0.286. The monoisotopic (exact) mass is 305 g/mol. The van der Waals surface area contributed by atoms with Crippen LogP contribution in [0.2, 0.25) is 0 Å². The molecule has 0 saturated carbocycles. The summed E-state index contributed by atoms with van der Waals surface area (Å²) in [5.41, 5.74) is 6.40. The molecule has 2 heteroatoms. The Kier molecular flexibility index (Phi) is 4.92.